The van der Waals surface area contributed by atoms with Gasteiger partial charge in [-0.25, -0.2) is 0 Å². The molecule has 6 nitrogen and oxygen atoms in total. The third-order valence-corrected chi connectivity index (χ3v) is 3.46. The molecule has 0 amide bonds. The van der Waals surface area contributed by atoms with Gasteiger partial charge < -0.3 is 9.79 Å². The van der Waals surface area contributed by atoms with Gasteiger partial charge in [0.2, 0.25) is 6.54 Å². The summed E-state index contributed by atoms with van der Waals surface area (Å²) in [6, 6.07) is 6.33. The summed E-state index contributed by atoms with van der Waals surface area (Å²) in [7, 11) is -4.51. The molecule has 0 saturated carbocycles. The zero-order chi connectivity index (χ0) is 12.3. The van der Waals surface area contributed by atoms with Crippen molar-refractivity contribution in [3.63, 3.8) is 0 Å². The summed E-state index contributed by atoms with van der Waals surface area (Å²) < 4.78 is 11.1. The summed E-state index contributed by atoms with van der Waals surface area (Å²) in [5.74, 6) is 0. The van der Waals surface area contributed by atoms with Crippen molar-refractivity contribution in [1.82, 2.24) is 0 Å². The zero-order valence-electron chi connectivity index (χ0n) is 8.61. The van der Waals surface area contributed by atoms with Crippen LogP contribution in [0.5, 0.6) is 0 Å². The lowest BCUT2D eigenvalue weighted by molar-refractivity contribution is -0.480. The molecule has 0 bridgehead atoms. The first-order valence-electron chi connectivity index (χ1n) is 4.54. The van der Waals surface area contributed by atoms with Crippen molar-refractivity contribution in [2.24, 2.45) is 0 Å². The van der Waals surface area contributed by atoms with E-state index < -0.39 is 24.7 Å². The molecule has 0 saturated heterocycles. The Morgan fingerprint density at radius 3 is 2.25 bits per heavy atom. The van der Waals surface area contributed by atoms with Crippen LogP contribution in [0.4, 0.5) is 0 Å². The van der Waals surface area contributed by atoms with Crippen LogP contribution in [0.2, 0.25) is 0 Å². The van der Waals surface area contributed by atoms with E-state index in [-0.39, 0.29) is 5.56 Å². The Balaban J connectivity index is 3.06. The summed E-state index contributed by atoms with van der Waals surface area (Å²) in [5, 5.41) is 10.4. The van der Waals surface area contributed by atoms with Crippen LogP contribution in [0, 0.1) is 17.0 Å². The van der Waals surface area contributed by atoms with E-state index in [4.69, 9.17) is 9.79 Å². The summed E-state index contributed by atoms with van der Waals surface area (Å²) in [4.78, 5) is 27.8. The van der Waals surface area contributed by atoms with Crippen molar-refractivity contribution in [3.05, 3.63) is 45.5 Å². The summed E-state index contributed by atoms with van der Waals surface area (Å²) in [6.45, 7) is 1.05. The number of hydrogen-bond donors (Lipinski definition) is 2. The molecule has 0 radical (unpaired) electrons. The monoisotopic (exact) mass is 245 g/mol. The van der Waals surface area contributed by atoms with E-state index in [1.54, 1.807) is 12.1 Å². The normalized spacial score (nSPS) is 13.4. The second-order valence-electron chi connectivity index (χ2n) is 3.53. The Morgan fingerprint density at radius 1 is 1.38 bits per heavy atom. The molecule has 0 aliphatic heterocycles. The van der Waals surface area contributed by atoms with Crippen molar-refractivity contribution in [1.29, 1.82) is 0 Å². The Kier molecular flexibility index (Phi) is 3.80. The molecule has 0 aliphatic carbocycles. The van der Waals surface area contributed by atoms with Crippen LogP contribution in [0.3, 0.4) is 0 Å². The van der Waals surface area contributed by atoms with Crippen LogP contribution in [0.25, 0.3) is 0 Å². The molecule has 0 unspecified atom stereocenters. The molecule has 0 spiro atoms. The Labute approximate surface area is 92.2 Å². The third-order valence-electron chi connectivity index (χ3n) is 2.19. The van der Waals surface area contributed by atoms with Crippen molar-refractivity contribution in [2.45, 2.75) is 12.6 Å². The molecular weight excluding hydrogens is 233 g/mol. The van der Waals surface area contributed by atoms with Gasteiger partial charge in [-0.05, 0) is 12.5 Å². The van der Waals surface area contributed by atoms with Crippen LogP contribution in [0.1, 0.15) is 16.8 Å². The van der Waals surface area contributed by atoms with Crippen LogP contribution in [-0.2, 0) is 4.57 Å². The van der Waals surface area contributed by atoms with E-state index in [1.165, 1.54) is 12.1 Å². The fourth-order valence-electron chi connectivity index (χ4n) is 1.34. The molecule has 1 aromatic carbocycles. The van der Waals surface area contributed by atoms with E-state index in [9.17, 15) is 14.7 Å². The SMILES string of the molecule is Cc1ccc([C@H](C[N+](=O)[O-])P(=O)(O)O)cc1. The number of rotatable bonds is 4. The van der Waals surface area contributed by atoms with Gasteiger partial charge in [-0.2, -0.15) is 0 Å². The Hall–Kier alpha value is -1.23. The van der Waals surface area contributed by atoms with Crippen LogP contribution in [0.15, 0.2) is 24.3 Å². The Bertz CT molecular complexity index is 424. The minimum atomic E-state index is -4.51. The van der Waals surface area contributed by atoms with Crippen LogP contribution < -0.4 is 0 Å². The first-order valence-corrected chi connectivity index (χ1v) is 6.22. The van der Waals surface area contributed by atoms with E-state index in [2.05, 4.69) is 0 Å². The quantitative estimate of drug-likeness (QED) is 0.475. The predicted octanol–water partition coefficient (Wildman–Crippen LogP) is 1.49. The third kappa shape index (κ3) is 3.41. The lowest BCUT2D eigenvalue weighted by Crippen LogP contribution is -2.13. The number of nitrogens with zero attached hydrogens (tertiary/aromatic N) is 1. The van der Waals surface area contributed by atoms with E-state index in [1.807, 2.05) is 6.92 Å². The second-order valence-corrected chi connectivity index (χ2v) is 5.33. The van der Waals surface area contributed by atoms with E-state index in [0.29, 0.717) is 0 Å². The molecule has 0 fully saturated rings. The van der Waals surface area contributed by atoms with E-state index in [0.717, 1.165) is 5.56 Å². The molecule has 0 aliphatic rings. The average molecular weight is 245 g/mol. The lowest BCUT2D eigenvalue weighted by Gasteiger charge is -2.14. The van der Waals surface area contributed by atoms with Gasteiger partial charge in [0.25, 0.3) is 0 Å². The average Bonchev–Trinajstić information content (AvgIpc) is 2.14. The maximum Gasteiger partial charge on any atom is 0.339 e. The minimum absolute atomic E-state index is 0.288. The fraction of sp³-hybridized carbons (Fsp3) is 0.333. The maximum absolute atomic E-state index is 11.1. The van der Waals surface area contributed by atoms with Crippen molar-refractivity contribution < 1.29 is 19.3 Å². The van der Waals surface area contributed by atoms with Gasteiger partial charge in [0, 0.05) is 4.92 Å². The summed E-state index contributed by atoms with van der Waals surface area (Å²) >= 11 is 0. The molecule has 2 N–H and O–H groups in total. The smallest absolute Gasteiger partial charge is 0.324 e. The first-order chi connectivity index (χ1) is 7.30. The molecule has 7 heteroatoms. The lowest BCUT2D eigenvalue weighted by atomic mass is 10.1. The van der Waals surface area contributed by atoms with Gasteiger partial charge in [0.05, 0.1) is 0 Å². The summed E-state index contributed by atoms with van der Waals surface area (Å²) in [6.07, 6.45) is 0. The molecule has 1 atom stereocenters. The molecule has 0 heterocycles. The fourth-order valence-corrected chi connectivity index (χ4v) is 2.24. The van der Waals surface area contributed by atoms with Crippen LogP contribution in [-0.4, -0.2) is 21.3 Å². The zero-order valence-corrected chi connectivity index (χ0v) is 9.50. The van der Waals surface area contributed by atoms with Gasteiger partial charge >= 0.3 is 7.60 Å². The molecule has 1 aromatic rings. The van der Waals surface area contributed by atoms with Gasteiger partial charge in [-0.15, -0.1) is 0 Å². The number of nitro groups is 1. The molecule has 0 aromatic heterocycles. The second kappa shape index (κ2) is 4.74. The van der Waals surface area contributed by atoms with Gasteiger partial charge in [0.15, 0.2) is 5.66 Å². The summed E-state index contributed by atoms with van der Waals surface area (Å²) in [5.41, 5.74) is -0.159. The predicted molar refractivity (Wildman–Crippen MR) is 57.8 cm³/mol. The molecule has 88 valence electrons. The minimum Gasteiger partial charge on any atom is -0.324 e. The topological polar surface area (TPSA) is 101 Å². The van der Waals surface area contributed by atoms with E-state index >= 15 is 0 Å². The first kappa shape index (κ1) is 12.8. The van der Waals surface area contributed by atoms with Crippen molar-refractivity contribution >= 4 is 7.60 Å². The maximum atomic E-state index is 11.1. The van der Waals surface area contributed by atoms with Gasteiger partial charge in [0.1, 0.15) is 0 Å². The highest BCUT2D eigenvalue weighted by molar-refractivity contribution is 7.52. The Morgan fingerprint density at radius 2 is 1.88 bits per heavy atom. The standard InChI is InChI=1S/C9H12NO5P/c1-7-2-4-8(5-3-7)9(6-10(11)12)16(13,14)15/h2-5,9H,6H2,1H3,(H2,13,14,15)/t9-/m0/s1. The number of hydrogen-bond acceptors (Lipinski definition) is 3. The molecular formula is C9H12NO5P. The highest BCUT2D eigenvalue weighted by Crippen LogP contribution is 2.51. The number of benzene rings is 1. The van der Waals surface area contributed by atoms with Gasteiger partial charge in [-0.1, -0.05) is 29.8 Å². The van der Waals surface area contributed by atoms with Crippen molar-refractivity contribution in [3.8, 4) is 0 Å². The number of aryl methyl sites for hydroxylation is 1. The molecule has 1 rings (SSSR count). The largest absolute Gasteiger partial charge is 0.339 e. The van der Waals surface area contributed by atoms with Gasteiger partial charge in [-0.3, -0.25) is 14.7 Å². The molecule has 16 heavy (non-hydrogen) atoms. The highest BCUT2D eigenvalue weighted by atomic mass is 31.2. The van der Waals surface area contributed by atoms with Crippen LogP contribution >= 0.6 is 7.60 Å². The van der Waals surface area contributed by atoms with Crippen molar-refractivity contribution in [2.75, 3.05) is 6.54 Å². The highest BCUT2D eigenvalue weighted by Gasteiger charge is 2.34.